The van der Waals surface area contributed by atoms with Gasteiger partial charge in [-0.2, -0.15) is 13.2 Å². The van der Waals surface area contributed by atoms with Crippen LogP contribution in [0.3, 0.4) is 0 Å². The molecule has 3 rings (SSSR count). The van der Waals surface area contributed by atoms with E-state index in [9.17, 15) is 18.0 Å². The Morgan fingerprint density at radius 1 is 1.07 bits per heavy atom. The molecule has 1 unspecified atom stereocenters. The molecular weight excluding hydrogens is 391 g/mol. The number of hydrogen-bond acceptors (Lipinski definition) is 2. The highest BCUT2D eigenvalue weighted by Crippen LogP contribution is 2.30. The zero-order chi connectivity index (χ0) is 21.6. The zero-order valence-electron chi connectivity index (χ0n) is 17.2. The average Bonchev–Trinajstić information content (AvgIpc) is 2.74. The van der Waals surface area contributed by atoms with E-state index < -0.39 is 11.7 Å². The van der Waals surface area contributed by atoms with E-state index in [-0.39, 0.29) is 17.9 Å². The minimum Gasteiger partial charge on any atom is -0.378 e. The molecule has 162 valence electrons. The summed E-state index contributed by atoms with van der Waals surface area (Å²) in [7, 11) is 0. The SMILES string of the molecule is CC(Cc1cccc(C(F)(F)F)c1)C(=O)N1CCC(OCCc2ccccc2)CC1. The Labute approximate surface area is 175 Å². The number of ether oxygens (including phenoxy) is 1. The van der Waals surface area contributed by atoms with Crippen LogP contribution in [0.25, 0.3) is 0 Å². The molecule has 1 heterocycles. The van der Waals surface area contributed by atoms with E-state index in [1.807, 2.05) is 23.1 Å². The summed E-state index contributed by atoms with van der Waals surface area (Å²) in [5.74, 6) is -0.362. The second-order valence-electron chi connectivity index (χ2n) is 7.93. The van der Waals surface area contributed by atoms with Crippen LogP contribution in [0.2, 0.25) is 0 Å². The molecule has 0 bridgehead atoms. The maximum atomic E-state index is 12.9. The van der Waals surface area contributed by atoms with E-state index in [4.69, 9.17) is 4.74 Å². The summed E-state index contributed by atoms with van der Waals surface area (Å²) in [6, 6.07) is 15.4. The Bertz CT molecular complexity index is 815. The molecule has 1 aliphatic rings. The van der Waals surface area contributed by atoms with Crippen LogP contribution in [-0.2, 0) is 28.5 Å². The van der Waals surface area contributed by atoms with Crippen molar-refractivity contribution in [1.29, 1.82) is 0 Å². The van der Waals surface area contributed by atoms with Crippen molar-refractivity contribution in [2.45, 2.75) is 44.9 Å². The molecular formula is C24H28F3NO2. The van der Waals surface area contributed by atoms with Crippen LogP contribution >= 0.6 is 0 Å². The van der Waals surface area contributed by atoms with Crippen molar-refractivity contribution < 1.29 is 22.7 Å². The quantitative estimate of drug-likeness (QED) is 0.622. The lowest BCUT2D eigenvalue weighted by Gasteiger charge is -2.33. The van der Waals surface area contributed by atoms with Gasteiger partial charge < -0.3 is 9.64 Å². The topological polar surface area (TPSA) is 29.5 Å². The van der Waals surface area contributed by atoms with Gasteiger partial charge in [-0.05, 0) is 42.9 Å². The van der Waals surface area contributed by atoms with Crippen LogP contribution in [0.4, 0.5) is 13.2 Å². The van der Waals surface area contributed by atoms with Crippen LogP contribution in [-0.4, -0.2) is 36.6 Å². The minimum absolute atomic E-state index is 0.00449. The molecule has 30 heavy (non-hydrogen) atoms. The maximum absolute atomic E-state index is 12.9. The number of likely N-dealkylation sites (tertiary alicyclic amines) is 1. The number of piperidine rings is 1. The van der Waals surface area contributed by atoms with Crippen molar-refractivity contribution in [3.8, 4) is 0 Å². The summed E-state index contributed by atoms with van der Waals surface area (Å²) in [6.45, 7) is 3.70. The normalized spacial score (nSPS) is 16.5. The van der Waals surface area contributed by atoms with Crippen molar-refractivity contribution in [2.24, 2.45) is 5.92 Å². The monoisotopic (exact) mass is 419 g/mol. The van der Waals surface area contributed by atoms with Crippen LogP contribution in [0.1, 0.15) is 36.5 Å². The first kappa shape index (κ1) is 22.3. The predicted octanol–water partition coefficient (Wildman–Crippen LogP) is 5.13. The Balaban J connectivity index is 1.43. The summed E-state index contributed by atoms with van der Waals surface area (Å²) in [5.41, 5.74) is 1.10. The van der Waals surface area contributed by atoms with Gasteiger partial charge in [0.05, 0.1) is 18.3 Å². The minimum atomic E-state index is -4.37. The molecule has 3 nitrogen and oxygen atoms in total. The van der Waals surface area contributed by atoms with Crippen molar-refractivity contribution in [3.05, 3.63) is 71.3 Å². The second kappa shape index (κ2) is 10.1. The van der Waals surface area contributed by atoms with Gasteiger partial charge in [-0.3, -0.25) is 4.79 Å². The fraction of sp³-hybridized carbons (Fsp3) is 0.458. The van der Waals surface area contributed by atoms with Gasteiger partial charge in [-0.15, -0.1) is 0 Å². The molecule has 1 saturated heterocycles. The Hall–Kier alpha value is -2.34. The lowest BCUT2D eigenvalue weighted by molar-refractivity contribution is -0.137. The summed E-state index contributed by atoms with van der Waals surface area (Å²) in [4.78, 5) is 14.6. The molecule has 1 amide bonds. The van der Waals surface area contributed by atoms with E-state index in [0.29, 0.717) is 31.7 Å². The van der Waals surface area contributed by atoms with Crippen molar-refractivity contribution in [1.82, 2.24) is 4.90 Å². The highest BCUT2D eigenvalue weighted by molar-refractivity contribution is 5.78. The predicted molar refractivity (Wildman–Crippen MR) is 110 cm³/mol. The first-order chi connectivity index (χ1) is 14.3. The molecule has 1 fully saturated rings. The second-order valence-corrected chi connectivity index (χ2v) is 7.93. The van der Waals surface area contributed by atoms with Crippen molar-refractivity contribution >= 4 is 5.91 Å². The number of amides is 1. The zero-order valence-corrected chi connectivity index (χ0v) is 17.2. The number of carbonyl (C=O) groups excluding carboxylic acids is 1. The average molecular weight is 419 g/mol. The number of nitrogens with zero attached hydrogens (tertiary/aromatic N) is 1. The van der Waals surface area contributed by atoms with Crippen LogP contribution < -0.4 is 0 Å². The largest absolute Gasteiger partial charge is 0.416 e. The summed E-state index contributed by atoms with van der Waals surface area (Å²) >= 11 is 0. The number of carbonyl (C=O) groups is 1. The summed E-state index contributed by atoms with van der Waals surface area (Å²) in [6.07, 6.45) is -1.47. The van der Waals surface area contributed by atoms with Gasteiger partial charge in [0.15, 0.2) is 0 Å². The third-order valence-electron chi connectivity index (χ3n) is 5.56. The summed E-state index contributed by atoms with van der Waals surface area (Å²) < 4.78 is 44.6. The van der Waals surface area contributed by atoms with Gasteiger partial charge in [0.25, 0.3) is 0 Å². The van der Waals surface area contributed by atoms with E-state index >= 15 is 0 Å². The third kappa shape index (κ3) is 6.33. The van der Waals surface area contributed by atoms with Crippen LogP contribution in [0, 0.1) is 5.92 Å². The van der Waals surface area contributed by atoms with E-state index in [1.165, 1.54) is 11.6 Å². The summed E-state index contributed by atoms with van der Waals surface area (Å²) in [5, 5.41) is 0. The molecule has 0 aliphatic carbocycles. The number of benzene rings is 2. The van der Waals surface area contributed by atoms with Gasteiger partial charge in [-0.1, -0.05) is 55.5 Å². The molecule has 0 spiro atoms. The molecule has 2 aromatic rings. The third-order valence-corrected chi connectivity index (χ3v) is 5.56. The van der Waals surface area contributed by atoms with Gasteiger partial charge in [-0.25, -0.2) is 0 Å². The van der Waals surface area contributed by atoms with Crippen LogP contribution in [0.5, 0.6) is 0 Å². The van der Waals surface area contributed by atoms with E-state index in [0.717, 1.165) is 31.4 Å². The number of rotatable bonds is 7. The first-order valence-electron chi connectivity index (χ1n) is 10.4. The highest BCUT2D eigenvalue weighted by atomic mass is 19.4. The van der Waals surface area contributed by atoms with Gasteiger partial charge in [0, 0.05) is 19.0 Å². The van der Waals surface area contributed by atoms with Crippen molar-refractivity contribution in [3.63, 3.8) is 0 Å². The molecule has 1 aliphatic heterocycles. The molecule has 2 aromatic carbocycles. The highest BCUT2D eigenvalue weighted by Gasteiger charge is 2.31. The Kier molecular flexibility index (Phi) is 7.53. The van der Waals surface area contributed by atoms with Gasteiger partial charge >= 0.3 is 6.18 Å². The number of hydrogen-bond donors (Lipinski definition) is 0. The molecule has 0 aromatic heterocycles. The lowest BCUT2D eigenvalue weighted by atomic mass is 9.97. The number of halogens is 3. The smallest absolute Gasteiger partial charge is 0.378 e. The van der Waals surface area contributed by atoms with E-state index in [1.54, 1.807) is 13.0 Å². The lowest BCUT2D eigenvalue weighted by Crippen LogP contribution is -2.43. The Morgan fingerprint density at radius 2 is 1.73 bits per heavy atom. The van der Waals surface area contributed by atoms with Crippen molar-refractivity contribution in [2.75, 3.05) is 19.7 Å². The number of alkyl halides is 3. The van der Waals surface area contributed by atoms with Gasteiger partial charge in [0.2, 0.25) is 5.91 Å². The molecule has 0 N–H and O–H groups in total. The molecule has 0 saturated carbocycles. The fourth-order valence-electron chi connectivity index (χ4n) is 3.86. The fourth-order valence-corrected chi connectivity index (χ4v) is 3.86. The maximum Gasteiger partial charge on any atom is 0.416 e. The molecule has 0 radical (unpaired) electrons. The molecule has 1 atom stereocenters. The van der Waals surface area contributed by atoms with Crippen LogP contribution in [0.15, 0.2) is 54.6 Å². The Morgan fingerprint density at radius 3 is 2.40 bits per heavy atom. The first-order valence-corrected chi connectivity index (χ1v) is 10.4. The van der Waals surface area contributed by atoms with E-state index in [2.05, 4.69) is 12.1 Å². The van der Waals surface area contributed by atoms with Gasteiger partial charge in [0.1, 0.15) is 0 Å². The molecule has 6 heteroatoms. The standard InChI is InChI=1S/C24H28F3NO2/c1-18(16-20-8-5-9-21(17-20)24(25,26)27)23(29)28-13-10-22(11-14-28)30-15-12-19-6-3-2-4-7-19/h2-9,17-18,22H,10-16H2,1H3.